The predicted octanol–water partition coefficient (Wildman–Crippen LogP) is 1.23. The molecular formula is C31H49N5O8. The van der Waals surface area contributed by atoms with Gasteiger partial charge in [0.15, 0.2) is 0 Å². The molecule has 0 aliphatic heterocycles. The maximum Gasteiger partial charge on any atom is 0.335 e. The third kappa shape index (κ3) is 13.5. The van der Waals surface area contributed by atoms with Crippen molar-refractivity contribution in [3.05, 3.63) is 35.4 Å². The summed E-state index contributed by atoms with van der Waals surface area (Å²) in [6.07, 6.45) is -0.294. The molecule has 0 saturated heterocycles. The molecule has 13 nitrogen and oxygen atoms in total. The van der Waals surface area contributed by atoms with E-state index in [-0.39, 0.29) is 29.9 Å². The molecular weight excluding hydrogens is 570 g/mol. The molecule has 0 aliphatic rings. The molecule has 0 bridgehead atoms. The summed E-state index contributed by atoms with van der Waals surface area (Å²) >= 11 is 0. The molecule has 13 heteroatoms. The molecule has 0 heterocycles. The van der Waals surface area contributed by atoms with Gasteiger partial charge in [-0.2, -0.15) is 0 Å². The van der Waals surface area contributed by atoms with Crippen LogP contribution >= 0.6 is 0 Å². The van der Waals surface area contributed by atoms with Crippen molar-refractivity contribution in [2.45, 2.75) is 111 Å². The van der Waals surface area contributed by atoms with E-state index in [0.29, 0.717) is 24.8 Å². The molecule has 7 N–H and O–H groups in total. The minimum Gasteiger partial charge on any atom is -0.478 e. The van der Waals surface area contributed by atoms with Crippen LogP contribution in [-0.4, -0.2) is 76.0 Å². The van der Waals surface area contributed by atoms with Crippen molar-refractivity contribution in [2.75, 3.05) is 0 Å². The van der Waals surface area contributed by atoms with Crippen LogP contribution in [0.1, 0.15) is 90.1 Å². The van der Waals surface area contributed by atoms with E-state index in [4.69, 9.17) is 0 Å². The Kier molecular flexibility index (Phi) is 16.1. The van der Waals surface area contributed by atoms with Crippen molar-refractivity contribution < 1.29 is 39.0 Å². The van der Waals surface area contributed by atoms with E-state index in [2.05, 4.69) is 26.6 Å². The van der Waals surface area contributed by atoms with Gasteiger partial charge >= 0.3 is 5.97 Å². The number of aliphatic hydroxyl groups is 1. The number of carbonyl (C=O) groups is 6. The Hall–Kier alpha value is -4.00. The molecule has 246 valence electrons. The van der Waals surface area contributed by atoms with E-state index in [9.17, 15) is 39.0 Å². The van der Waals surface area contributed by atoms with Crippen LogP contribution in [0.5, 0.6) is 0 Å². The van der Waals surface area contributed by atoms with Crippen molar-refractivity contribution >= 4 is 35.5 Å². The standard InChI is InChI=1S/C31H49N5O8/c1-8-10-23(34-20(7)37)29(41)33-19(6)28(40)35-24(13-17(2)3)25(38)15-26(39)36-27(18(4)5)30(42)32-16-21-11-9-12-22(14-21)31(43)44/h9,11-12,14,17-19,23-25,27,38H,8,10,13,15-16H2,1-7H3,(H,32,42)(H,33,41)(H,34,37)(H,35,40)(H,36,39)(H,43,44)/t19-,23-,24-,25-,27-/m0/s1. The summed E-state index contributed by atoms with van der Waals surface area (Å²) < 4.78 is 0. The van der Waals surface area contributed by atoms with Crippen LogP contribution in [0, 0.1) is 11.8 Å². The first-order chi connectivity index (χ1) is 20.5. The summed E-state index contributed by atoms with van der Waals surface area (Å²) in [5, 5.41) is 33.4. The summed E-state index contributed by atoms with van der Waals surface area (Å²) in [7, 11) is 0. The quantitative estimate of drug-likeness (QED) is 0.127. The lowest BCUT2D eigenvalue weighted by Crippen LogP contribution is -2.56. The molecule has 5 amide bonds. The first-order valence-electron chi connectivity index (χ1n) is 15.0. The fourth-order valence-electron chi connectivity index (χ4n) is 4.52. The average Bonchev–Trinajstić information content (AvgIpc) is 2.93. The number of benzene rings is 1. The van der Waals surface area contributed by atoms with E-state index < -0.39 is 66.3 Å². The Morgan fingerprint density at radius 3 is 2.07 bits per heavy atom. The van der Waals surface area contributed by atoms with Crippen LogP contribution in [0.2, 0.25) is 0 Å². The van der Waals surface area contributed by atoms with Crippen molar-refractivity contribution in [2.24, 2.45) is 11.8 Å². The maximum atomic E-state index is 13.0. The normalized spacial score (nSPS) is 14.5. The number of carboxylic acid groups (broad SMARTS) is 1. The van der Waals surface area contributed by atoms with Crippen LogP contribution in [-0.2, 0) is 30.5 Å². The summed E-state index contributed by atoms with van der Waals surface area (Å²) in [5.74, 6) is -3.83. The smallest absolute Gasteiger partial charge is 0.335 e. The largest absolute Gasteiger partial charge is 0.478 e. The third-order valence-electron chi connectivity index (χ3n) is 6.84. The van der Waals surface area contributed by atoms with Crippen LogP contribution in [0.3, 0.4) is 0 Å². The number of rotatable bonds is 18. The molecule has 1 rings (SSSR count). The van der Waals surface area contributed by atoms with Crippen LogP contribution in [0.4, 0.5) is 0 Å². The summed E-state index contributed by atoms with van der Waals surface area (Å²) in [6.45, 7) is 12.0. The van der Waals surface area contributed by atoms with Gasteiger partial charge in [-0.1, -0.05) is 53.2 Å². The highest BCUT2D eigenvalue weighted by Gasteiger charge is 2.30. The highest BCUT2D eigenvalue weighted by Crippen LogP contribution is 2.13. The zero-order valence-electron chi connectivity index (χ0n) is 26.7. The van der Waals surface area contributed by atoms with Gasteiger partial charge < -0.3 is 36.8 Å². The SMILES string of the molecule is CCC[C@H](NC(C)=O)C(=O)N[C@@H](C)C(=O)N[C@@H](CC(C)C)[C@@H](O)CC(=O)N[C@H](C(=O)NCc1cccc(C(=O)O)c1)C(C)C. The van der Waals surface area contributed by atoms with Crippen molar-refractivity contribution in [3.63, 3.8) is 0 Å². The van der Waals surface area contributed by atoms with Gasteiger partial charge in [0.25, 0.3) is 0 Å². The zero-order valence-corrected chi connectivity index (χ0v) is 26.7. The molecule has 0 spiro atoms. The molecule has 0 saturated carbocycles. The summed E-state index contributed by atoms with van der Waals surface area (Å²) in [5.41, 5.74) is 0.668. The van der Waals surface area contributed by atoms with Gasteiger partial charge in [0.2, 0.25) is 29.5 Å². The number of carbonyl (C=O) groups excluding carboxylic acids is 5. The zero-order chi connectivity index (χ0) is 33.6. The lowest BCUT2D eigenvalue weighted by atomic mass is 9.96. The van der Waals surface area contributed by atoms with Gasteiger partial charge in [-0.15, -0.1) is 0 Å². The highest BCUT2D eigenvalue weighted by molar-refractivity contribution is 5.92. The van der Waals surface area contributed by atoms with E-state index in [0.717, 1.165) is 0 Å². The molecule has 0 aliphatic carbocycles. The van der Waals surface area contributed by atoms with Crippen LogP contribution < -0.4 is 26.6 Å². The predicted molar refractivity (Wildman–Crippen MR) is 164 cm³/mol. The van der Waals surface area contributed by atoms with Gasteiger partial charge in [0.1, 0.15) is 18.1 Å². The second kappa shape index (κ2) is 18.6. The topological polar surface area (TPSA) is 203 Å². The molecule has 0 unspecified atom stereocenters. The third-order valence-corrected chi connectivity index (χ3v) is 6.84. The van der Waals surface area contributed by atoms with E-state index in [1.165, 1.54) is 26.0 Å². The minimum atomic E-state index is -1.29. The van der Waals surface area contributed by atoms with Crippen molar-refractivity contribution in [1.82, 2.24) is 26.6 Å². The van der Waals surface area contributed by atoms with E-state index in [1.54, 1.807) is 26.0 Å². The number of nitrogens with one attached hydrogen (secondary N) is 5. The average molecular weight is 620 g/mol. The second-order valence-electron chi connectivity index (χ2n) is 11.8. The number of aliphatic hydroxyl groups excluding tert-OH is 1. The monoisotopic (exact) mass is 619 g/mol. The lowest BCUT2D eigenvalue weighted by Gasteiger charge is -2.28. The van der Waals surface area contributed by atoms with Gasteiger partial charge in [-0.3, -0.25) is 24.0 Å². The summed E-state index contributed by atoms with van der Waals surface area (Å²) in [4.78, 5) is 74.1. The van der Waals surface area contributed by atoms with Crippen LogP contribution in [0.15, 0.2) is 24.3 Å². The van der Waals surface area contributed by atoms with E-state index in [1.807, 2.05) is 20.8 Å². The van der Waals surface area contributed by atoms with Crippen molar-refractivity contribution in [1.29, 1.82) is 0 Å². The number of amides is 5. The van der Waals surface area contributed by atoms with Gasteiger partial charge in [0, 0.05) is 13.5 Å². The number of aromatic carboxylic acids is 1. The van der Waals surface area contributed by atoms with Gasteiger partial charge in [0.05, 0.1) is 24.1 Å². The van der Waals surface area contributed by atoms with Gasteiger partial charge in [-0.25, -0.2) is 4.79 Å². The molecule has 0 radical (unpaired) electrons. The Morgan fingerprint density at radius 1 is 0.864 bits per heavy atom. The number of hydrogen-bond donors (Lipinski definition) is 7. The molecule has 1 aromatic rings. The summed E-state index contributed by atoms with van der Waals surface area (Å²) in [6, 6.07) is 2.64. The lowest BCUT2D eigenvalue weighted by molar-refractivity contribution is -0.133. The molecule has 44 heavy (non-hydrogen) atoms. The maximum absolute atomic E-state index is 13.0. The second-order valence-corrected chi connectivity index (χ2v) is 11.8. The Morgan fingerprint density at radius 2 is 1.52 bits per heavy atom. The molecule has 1 aromatic carbocycles. The molecule has 5 atom stereocenters. The van der Waals surface area contributed by atoms with E-state index >= 15 is 0 Å². The Bertz CT molecular complexity index is 1160. The number of hydrogen-bond acceptors (Lipinski definition) is 7. The van der Waals surface area contributed by atoms with Crippen molar-refractivity contribution in [3.8, 4) is 0 Å². The molecule has 0 fully saturated rings. The Balaban J connectivity index is 2.84. The fourth-order valence-corrected chi connectivity index (χ4v) is 4.52. The first-order valence-corrected chi connectivity index (χ1v) is 15.0. The fraction of sp³-hybridized carbons (Fsp3) is 0.613. The minimum absolute atomic E-state index is 0.0467. The number of carboxylic acids is 1. The Labute approximate surface area is 259 Å². The van der Waals surface area contributed by atoms with Gasteiger partial charge in [-0.05, 0) is 49.3 Å². The highest BCUT2D eigenvalue weighted by atomic mass is 16.4. The molecule has 0 aromatic heterocycles. The van der Waals surface area contributed by atoms with Crippen LogP contribution in [0.25, 0.3) is 0 Å². The first kappa shape index (κ1) is 38.0.